The molecule has 5 N–H and O–H groups in total. The average Bonchev–Trinajstić information content (AvgIpc) is 2.96. The van der Waals surface area contributed by atoms with E-state index < -0.39 is 36.4 Å². The van der Waals surface area contributed by atoms with Crippen molar-refractivity contribution < 1.29 is 18.4 Å². The van der Waals surface area contributed by atoms with E-state index in [1.165, 1.54) is 12.4 Å². The number of alkyl halides is 2. The van der Waals surface area contributed by atoms with E-state index in [1.807, 2.05) is 9.80 Å². The van der Waals surface area contributed by atoms with Gasteiger partial charge in [0.1, 0.15) is 6.17 Å². The van der Waals surface area contributed by atoms with Crippen LogP contribution in [0.2, 0.25) is 0 Å². The largest absolute Gasteiger partial charge is 0.376 e. The van der Waals surface area contributed by atoms with Gasteiger partial charge in [-0.1, -0.05) is 13.5 Å². The van der Waals surface area contributed by atoms with Gasteiger partial charge in [0.25, 0.3) is 0 Å². The Labute approximate surface area is 236 Å². The van der Waals surface area contributed by atoms with Gasteiger partial charge in [-0.2, -0.15) is 0 Å². The molecule has 6 atom stereocenters. The molecule has 5 aliphatic rings. The summed E-state index contributed by atoms with van der Waals surface area (Å²) in [6.07, 6.45) is 1.89. The number of rotatable bonds is 12. The van der Waals surface area contributed by atoms with E-state index in [0.717, 1.165) is 32.5 Å². The molecule has 0 saturated carbocycles. The predicted molar refractivity (Wildman–Crippen MR) is 152 cm³/mol. The number of allylic oxidation sites excluding steroid dienone is 1. The smallest absolute Gasteiger partial charge is 0.232 e. The molecule has 0 aromatic heterocycles. The number of piperazine rings is 1. The van der Waals surface area contributed by atoms with Gasteiger partial charge >= 0.3 is 0 Å². The van der Waals surface area contributed by atoms with Gasteiger partial charge < -0.3 is 36.4 Å². The van der Waals surface area contributed by atoms with Crippen LogP contribution in [-0.2, 0) is 9.59 Å². The summed E-state index contributed by atoms with van der Waals surface area (Å²) in [5, 5.41) is 8.82. The zero-order valence-corrected chi connectivity index (χ0v) is 23.8. The molecule has 0 spiro atoms. The first-order chi connectivity index (χ1) is 19.2. The lowest BCUT2D eigenvalue weighted by Gasteiger charge is -2.46. The quantitative estimate of drug-likeness (QED) is 0.256. The number of nitrogens with one attached hydrogen (secondary N) is 3. The van der Waals surface area contributed by atoms with Crippen molar-refractivity contribution in [1.29, 1.82) is 0 Å². The molecular weight excluding hydrogens is 518 g/mol. The zero-order chi connectivity index (χ0) is 28.8. The van der Waals surface area contributed by atoms with Crippen molar-refractivity contribution in [3.63, 3.8) is 0 Å². The molecule has 0 aliphatic carbocycles. The highest BCUT2D eigenvalue weighted by molar-refractivity contribution is 5.83. The van der Waals surface area contributed by atoms with Crippen LogP contribution < -0.4 is 21.7 Å². The second kappa shape index (κ2) is 13.9. The first-order valence-electron chi connectivity index (χ1n) is 14.7. The number of halogens is 2. The van der Waals surface area contributed by atoms with Gasteiger partial charge in [0.05, 0.1) is 35.9 Å². The maximum Gasteiger partial charge on any atom is 0.232 e. The molecule has 10 nitrogen and oxygen atoms in total. The Morgan fingerprint density at radius 1 is 1.23 bits per heavy atom. The van der Waals surface area contributed by atoms with E-state index in [0.29, 0.717) is 49.9 Å². The van der Waals surface area contributed by atoms with Crippen molar-refractivity contribution >= 4 is 18.0 Å². The number of nitrogens with two attached hydrogens (primary N) is 1. The number of aliphatic imine (C=N–C) groups is 1. The molecule has 2 bridgehead atoms. The van der Waals surface area contributed by atoms with E-state index in [9.17, 15) is 14.0 Å². The number of fused-ring (bicyclic) bond motifs is 3. The number of hydrogen-bond acceptors (Lipinski definition) is 8. The first-order valence-corrected chi connectivity index (χ1v) is 14.7. The molecular formula is C28H46F2N8O2. The maximum atomic E-state index is 15.3. The van der Waals surface area contributed by atoms with Crippen LogP contribution in [0.4, 0.5) is 8.78 Å². The molecule has 5 aliphatic heterocycles. The van der Waals surface area contributed by atoms with Crippen LogP contribution in [0, 0.1) is 17.8 Å². The summed E-state index contributed by atoms with van der Waals surface area (Å²) < 4.78 is 29.2. The lowest BCUT2D eigenvalue weighted by Crippen LogP contribution is -2.58. The molecule has 12 heteroatoms. The van der Waals surface area contributed by atoms with Crippen LogP contribution in [-0.4, -0.2) is 116 Å². The molecule has 6 unspecified atom stereocenters. The van der Waals surface area contributed by atoms with Gasteiger partial charge in [-0.15, -0.1) is 0 Å². The Hall–Kier alpha value is -2.57. The topological polar surface area (TPSA) is 118 Å². The highest BCUT2D eigenvalue weighted by Gasteiger charge is 2.41. The lowest BCUT2D eigenvalue weighted by atomic mass is 9.78. The van der Waals surface area contributed by atoms with E-state index in [1.54, 1.807) is 13.8 Å². The molecule has 4 fully saturated rings. The molecule has 0 aromatic carbocycles. The van der Waals surface area contributed by atoms with E-state index in [4.69, 9.17) is 5.73 Å². The Morgan fingerprint density at radius 3 is 2.52 bits per heavy atom. The molecule has 5 rings (SSSR count). The Morgan fingerprint density at radius 2 is 1.93 bits per heavy atom. The van der Waals surface area contributed by atoms with E-state index in [-0.39, 0.29) is 24.9 Å². The molecule has 4 saturated heterocycles. The molecule has 40 heavy (non-hydrogen) atoms. The number of carbonyl (C=O) groups is 2. The third kappa shape index (κ3) is 7.01. The average molecular weight is 565 g/mol. The van der Waals surface area contributed by atoms with Gasteiger partial charge in [0.2, 0.25) is 11.8 Å². The van der Waals surface area contributed by atoms with Crippen molar-refractivity contribution in [3.05, 3.63) is 24.2 Å². The van der Waals surface area contributed by atoms with E-state index >= 15 is 4.39 Å². The minimum atomic E-state index is -1.47. The van der Waals surface area contributed by atoms with Crippen LogP contribution in [0.1, 0.15) is 33.1 Å². The second-order valence-corrected chi connectivity index (χ2v) is 11.4. The number of carbonyl (C=O) groups excluding carboxylic acids is 2. The van der Waals surface area contributed by atoms with Crippen LogP contribution >= 0.6 is 0 Å². The summed E-state index contributed by atoms with van der Waals surface area (Å²) in [6.45, 7) is 12.4. The third-order valence-corrected chi connectivity index (χ3v) is 8.88. The summed E-state index contributed by atoms with van der Waals surface area (Å²) in [5.41, 5.74) is 7.02. The second-order valence-electron chi connectivity index (χ2n) is 11.4. The molecule has 0 radical (unpaired) electrons. The minimum absolute atomic E-state index is 0.0600. The van der Waals surface area contributed by atoms with Crippen LogP contribution in [0.25, 0.3) is 0 Å². The summed E-state index contributed by atoms with van der Waals surface area (Å²) in [6, 6.07) is -0.467. The summed E-state index contributed by atoms with van der Waals surface area (Å²) in [5.74, 6) is -0.471. The fraction of sp³-hybridized carbons (Fsp3) is 0.750. The van der Waals surface area contributed by atoms with Crippen molar-refractivity contribution in [3.8, 4) is 0 Å². The first kappa shape index (κ1) is 30.4. The van der Waals surface area contributed by atoms with Gasteiger partial charge in [-0.25, -0.2) is 8.78 Å². The number of piperidine rings is 3. The van der Waals surface area contributed by atoms with Gasteiger partial charge in [0, 0.05) is 51.5 Å². The van der Waals surface area contributed by atoms with Crippen LogP contribution in [0.15, 0.2) is 29.2 Å². The van der Waals surface area contributed by atoms with Crippen LogP contribution in [0.3, 0.4) is 0 Å². The Bertz CT molecular complexity index is 962. The Balaban J connectivity index is 1.43. The highest BCUT2D eigenvalue weighted by Crippen LogP contribution is 2.34. The molecule has 0 aromatic rings. The van der Waals surface area contributed by atoms with Crippen LogP contribution in [0.5, 0.6) is 0 Å². The number of dihydropyridines is 1. The summed E-state index contributed by atoms with van der Waals surface area (Å²) >= 11 is 0. The monoisotopic (exact) mass is 564 g/mol. The number of hydrogen-bond donors (Lipinski definition) is 4. The van der Waals surface area contributed by atoms with Crippen molar-refractivity contribution in [2.24, 2.45) is 28.5 Å². The summed E-state index contributed by atoms with van der Waals surface area (Å²) in [4.78, 5) is 37.2. The minimum Gasteiger partial charge on any atom is -0.376 e. The molecule has 5 heterocycles. The predicted octanol–water partition coefficient (Wildman–Crippen LogP) is 0.583. The lowest BCUT2D eigenvalue weighted by molar-refractivity contribution is -0.143. The van der Waals surface area contributed by atoms with Gasteiger partial charge in [0.15, 0.2) is 6.17 Å². The number of amides is 2. The standard InChI is InChI=1S/C28H46F2N8O2/c1-4-20(29)14-34-18(3)24(26(31)33-5-2)27(39)35-23-16-32-15-22(30)25(23)37-10-12-38(13-11-37)28(40)21-17-36-8-6-19(21)7-9-36/h5,15,18-22,24,26,33-34H,2,4,6-14,16-17,31H2,1,3H3,(H,35,39). The molecule has 2 amide bonds. The zero-order valence-electron chi connectivity index (χ0n) is 23.8. The SMILES string of the molecule is C=CNC(N)C(C(=O)NC1=C(N2CCN(C(=O)C3CN4CCC3CC4)CC2)C(F)C=NC1)C(C)NCC(F)CC. The van der Waals surface area contributed by atoms with Gasteiger partial charge in [-0.3, -0.25) is 14.6 Å². The van der Waals surface area contributed by atoms with Crippen molar-refractivity contribution in [2.75, 3.05) is 58.9 Å². The van der Waals surface area contributed by atoms with E-state index in [2.05, 4.69) is 32.4 Å². The molecule has 224 valence electrons. The maximum absolute atomic E-state index is 15.3. The van der Waals surface area contributed by atoms with Gasteiger partial charge in [-0.05, 0) is 51.4 Å². The van der Waals surface area contributed by atoms with Crippen molar-refractivity contribution in [1.82, 2.24) is 30.7 Å². The third-order valence-electron chi connectivity index (χ3n) is 8.88. The summed E-state index contributed by atoms with van der Waals surface area (Å²) in [7, 11) is 0. The highest BCUT2D eigenvalue weighted by atomic mass is 19.1. The Kier molecular flexibility index (Phi) is 10.5. The fourth-order valence-electron chi connectivity index (χ4n) is 6.43. The fourth-order valence-corrected chi connectivity index (χ4v) is 6.43. The number of nitrogens with zero attached hydrogens (tertiary/aromatic N) is 4. The van der Waals surface area contributed by atoms with Crippen molar-refractivity contribution in [2.45, 2.75) is 57.7 Å². The normalized spacial score (nSPS) is 29.5.